The average molecular weight is 592 g/mol. The summed E-state index contributed by atoms with van der Waals surface area (Å²) in [6.07, 6.45) is 5.28. The molecular weight excluding hydrogens is 562 g/mol. The van der Waals surface area contributed by atoms with Crippen LogP contribution in [-0.4, -0.2) is 81.6 Å². The van der Waals surface area contributed by atoms with E-state index in [9.17, 15) is 9.59 Å². The van der Waals surface area contributed by atoms with Gasteiger partial charge in [-0.05, 0) is 48.7 Å². The highest BCUT2D eigenvalue weighted by molar-refractivity contribution is 8.26. The number of benzene rings is 1. The third kappa shape index (κ3) is 5.21. The number of carbonyl (C=O) groups excluding carboxylic acids is 1. The number of nitrogens with zero attached hydrogens (tertiary/aromatic N) is 5. The van der Waals surface area contributed by atoms with Crippen molar-refractivity contribution >= 4 is 51.7 Å². The fraction of sp³-hybridized carbons (Fsp3) is 0.379. The highest BCUT2D eigenvalue weighted by Gasteiger charge is 2.35. The number of amides is 1. The topological polar surface area (TPSA) is 88.8 Å². The predicted octanol–water partition coefficient (Wildman–Crippen LogP) is 3.13. The number of piperazine rings is 1. The molecule has 2 aromatic heterocycles. The lowest BCUT2D eigenvalue weighted by molar-refractivity contribution is -0.123. The summed E-state index contributed by atoms with van der Waals surface area (Å²) >= 11 is 6.78. The zero-order valence-corrected chi connectivity index (χ0v) is 24.0. The highest BCUT2D eigenvalue weighted by Crippen LogP contribution is 2.35. The van der Waals surface area contributed by atoms with Crippen LogP contribution in [0.2, 0.25) is 0 Å². The Kier molecular flexibility index (Phi) is 7.15. The zero-order chi connectivity index (χ0) is 27.9. The zero-order valence-electron chi connectivity index (χ0n) is 22.4. The van der Waals surface area contributed by atoms with Crippen molar-refractivity contribution in [1.29, 1.82) is 0 Å². The van der Waals surface area contributed by atoms with E-state index in [2.05, 4.69) is 15.9 Å². The number of hydrogen-bond acceptors (Lipinski definition) is 10. The molecule has 10 nitrogen and oxygen atoms in total. The number of aromatic nitrogens is 2. The second kappa shape index (κ2) is 11.1. The Hall–Kier alpha value is -3.45. The Bertz CT molecular complexity index is 1610. The minimum Gasteiger partial charge on any atom is -0.454 e. The van der Waals surface area contributed by atoms with Gasteiger partial charge >= 0.3 is 0 Å². The first-order chi connectivity index (χ1) is 20.0. The summed E-state index contributed by atoms with van der Waals surface area (Å²) in [7, 11) is 0. The van der Waals surface area contributed by atoms with E-state index in [1.165, 1.54) is 16.2 Å². The van der Waals surface area contributed by atoms with Gasteiger partial charge in [0.1, 0.15) is 15.8 Å². The lowest BCUT2D eigenvalue weighted by Crippen LogP contribution is -2.47. The van der Waals surface area contributed by atoms with Gasteiger partial charge in [-0.3, -0.25) is 23.8 Å². The second-order valence-electron chi connectivity index (χ2n) is 10.5. The van der Waals surface area contributed by atoms with Gasteiger partial charge in [-0.25, -0.2) is 4.98 Å². The highest BCUT2D eigenvalue weighted by atomic mass is 32.2. The summed E-state index contributed by atoms with van der Waals surface area (Å²) in [6.45, 7) is 5.19. The lowest BCUT2D eigenvalue weighted by Gasteiger charge is -2.36. The maximum Gasteiger partial charge on any atom is 0.267 e. The molecule has 0 N–H and O–H groups in total. The van der Waals surface area contributed by atoms with Crippen LogP contribution in [0.1, 0.15) is 24.0 Å². The quantitative estimate of drug-likeness (QED) is 0.315. The van der Waals surface area contributed by atoms with Crippen LogP contribution >= 0.6 is 24.0 Å². The molecule has 41 heavy (non-hydrogen) atoms. The summed E-state index contributed by atoms with van der Waals surface area (Å²) < 4.78 is 18.7. The lowest BCUT2D eigenvalue weighted by atomic mass is 10.1. The molecular formula is C29H29N5O5S2. The van der Waals surface area contributed by atoms with E-state index in [0.29, 0.717) is 52.5 Å². The molecule has 12 heteroatoms. The maximum absolute atomic E-state index is 13.8. The molecule has 0 spiro atoms. The monoisotopic (exact) mass is 591 g/mol. The van der Waals surface area contributed by atoms with Crippen molar-refractivity contribution in [3.05, 3.63) is 69.0 Å². The van der Waals surface area contributed by atoms with Crippen LogP contribution in [0.4, 0.5) is 5.82 Å². The Balaban J connectivity index is 1.14. The number of anilines is 1. The van der Waals surface area contributed by atoms with Crippen molar-refractivity contribution in [2.45, 2.75) is 25.5 Å². The minimum absolute atomic E-state index is 0.00525. The van der Waals surface area contributed by atoms with E-state index in [-0.39, 0.29) is 24.4 Å². The van der Waals surface area contributed by atoms with Crippen LogP contribution in [0.3, 0.4) is 0 Å². The van der Waals surface area contributed by atoms with Gasteiger partial charge in [0.25, 0.3) is 11.5 Å². The number of thiocarbonyl (C=S) groups is 1. The Labute approximate surface area is 246 Å². The molecule has 1 aromatic carbocycles. The van der Waals surface area contributed by atoms with Crippen molar-refractivity contribution in [3.63, 3.8) is 0 Å². The SMILES string of the molecule is O=C1C(=Cc2c(N3CCN(Cc4ccc5c(c4)OCO5)CC3)nc3ccccn3c2=O)SC(=S)N1CC1CCCO1. The number of carbonyl (C=O) groups is 1. The molecule has 4 aliphatic heterocycles. The summed E-state index contributed by atoms with van der Waals surface area (Å²) in [5.41, 5.74) is 1.92. The molecule has 3 aromatic rings. The van der Waals surface area contributed by atoms with Gasteiger partial charge < -0.3 is 19.1 Å². The second-order valence-corrected chi connectivity index (χ2v) is 12.1. The first-order valence-electron chi connectivity index (χ1n) is 13.8. The van der Waals surface area contributed by atoms with Crippen molar-refractivity contribution < 1.29 is 19.0 Å². The normalized spacial score (nSPS) is 22.0. The van der Waals surface area contributed by atoms with Crippen LogP contribution < -0.4 is 19.9 Å². The van der Waals surface area contributed by atoms with Gasteiger partial charge in [-0.1, -0.05) is 36.1 Å². The van der Waals surface area contributed by atoms with Gasteiger partial charge in [0, 0.05) is 45.5 Å². The number of rotatable bonds is 6. The molecule has 212 valence electrons. The Morgan fingerprint density at radius 3 is 2.76 bits per heavy atom. The van der Waals surface area contributed by atoms with Gasteiger partial charge in [-0.2, -0.15) is 0 Å². The Morgan fingerprint density at radius 2 is 1.93 bits per heavy atom. The molecule has 3 saturated heterocycles. The standard InChI is InChI=1S/C29H29N5O5S2/c35-27-21(15-24-28(36)34(29(40)41-24)17-20-4-3-13-37-20)26(30-25-5-1-2-8-33(25)27)32-11-9-31(10-12-32)16-19-6-7-22-23(14-19)39-18-38-22/h1-2,5-8,14-15,20H,3-4,9-13,16-18H2. The Morgan fingerprint density at radius 1 is 1.07 bits per heavy atom. The molecule has 4 aliphatic rings. The van der Waals surface area contributed by atoms with Gasteiger partial charge in [0.15, 0.2) is 11.5 Å². The van der Waals surface area contributed by atoms with E-state index < -0.39 is 0 Å². The summed E-state index contributed by atoms with van der Waals surface area (Å²) in [6, 6.07) is 11.6. The molecule has 0 radical (unpaired) electrons. The van der Waals surface area contributed by atoms with Crippen LogP contribution in [0, 0.1) is 0 Å². The molecule has 1 unspecified atom stereocenters. The third-order valence-corrected chi connectivity index (χ3v) is 9.20. The van der Waals surface area contributed by atoms with E-state index >= 15 is 0 Å². The fourth-order valence-electron chi connectivity index (χ4n) is 5.65. The molecule has 1 atom stereocenters. The molecule has 0 bridgehead atoms. The molecule has 1 amide bonds. The molecule has 7 rings (SSSR count). The minimum atomic E-state index is -0.210. The summed E-state index contributed by atoms with van der Waals surface area (Å²) in [5, 5.41) is 0. The molecule has 6 heterocycles. The van der Waals surface area contributed by atoms with Crippen LogP contribution in [0.25, 0.3) is 11.7 Å². The third-order valence-electron chi connectivity index (χ3n) is 7.82. The fourth-order valence-corrected chi connectivity index (χ4v) is 6.91. The first kappa shape index (κ1) is 26.4. The first-order valence-corrected chi connectivity index (χ1v) is 15.0. The van der Waals surface area contributed by atoms with Crippen LogP contribution in [0.15, 0.2) is 52.3 Å². The molecule has 3 fully saturated rings. The molecule has 0 aliphatic carbocycles. The van der Waals surface area contributed by atoms with Gasteiger partial charge in [0.05, 0.1) is 23.1 Å². The largest absolute Gasteiger partial charge is 0.454 e. The maximum atomic E-state index is 13.8. The van der Waals surface area contributed by atoms with E-state index in [1.54, 1.807) is 23.2 Å². The van der Waals surface area contributed by atoms with Gasteiger partial charge in [-0.15, -0.1) is 0 Å². The number of hydrogen-bond donors (Lipinski definition) is 0. The van der Waals surface area contributed by atoms with Crippen molar-refractivity contribution in [3.8, 4) is 11.5 Å². The number of ether oxygens (including phenoxy) is 3. The van der Waals surface area contributed by atoms with Gasteiger partial charge in [0.2, 0.25) is 6.79 Å². The average Bonchev–Trinajstić information content (AvgIpc) is 3.73. The van der Waals surface area contributed by atoms with E-state index in [0.717, 1.165) is 49.5 Å². The van der Waals surface area contributed by atoms with E-state index in [4.69, 9.17) is 31.4 Å². The number of pyridine rings is 1. The van der Waals surface area contributed by atoms with Crippen molar-refractivity contribution in [2.24, 2.45) is 0 Å². The van der Waals surface area contributed by atoms with Crippen molar-refractivity contribution in [1.82, 2.24) is 19.2 Å². The van der Waals surface area contributed by atoms with Crippen LogP contribution in [-0.2, 0) is 16.1 Å². The predicted molar refractivity (Wildman–Crippen MR) is 160 cm³/mol. The number of fused-ring (bicyclic) bond motifs is 2. The summed E-state index contributed by atoms with van der Waals surface area (Å²) in [4.78, 5) is 38.6. The van der Waals surface area contributed by atoms with Crippen molar-refractivity contribution in [2.75, 3.05) is 51.0 Å². The number of thioether (sulfide) groups is 1. The summed E-state index contributed by atoms with van der Waals surface area (Å²) in [5.74, 6) is 1.97. The van der Waals surface area contributed by atoms with E-state index in [1.807, 2.05) is 24.3 Å². The smallest absolute Gasteiger partial charge is 0.267 e. The molecule has 0 saturated carbocycles. The van der Waals surface area contributed by atoms with Crippen LogP contribution in [0.5, 0.6) is 11.5 Å².